The highest BCUT2D eigenvalue weighted by atomic mass is 15.2. The summed E-state index contributed by atoms with van der Waals surface area (Å²) in [7, 11) is 0. The molecule has 0 saturated carbocycles. The van der Waals surface area contributed by atoms with E-state index in [9.17, 15) is 0 Å². The average Bonchev–Trinajstić information content (AvgIpc) is 2.48. The quantitative estimate of drug-likeness (QED) is 0.821. The van der Waals surface area contributed by atoms with Crippen LogP contribution in [0.5, 0.6) is 0 Å². The van der Waals surface area contributed by atoms with Crippen molar-refractivity contribution in [3.63, 3.8) is 0 Å². The first-order valence-electron chi connectivity index (χ1n) is 6.64. The van der Waals surface area contributed by atoms with Gasteiger partial charge in [-0.2, -0.15) is 0 Å². The number of piperidine rings is 1. The molecule has 1 fully saturated rings. The molecule has 0 unspecified atom stereocenters. The topological polar surface area (TPSA) is 54.8 Å². The van der Waals surface area contributed by atoms with Crippen molar-refractivity contribution in [3.8, 4) is 0 Å². The van der Waals surface area contributed by atoms with Gasteiger partial charge in [-0.05, 0) is 31.9 Å². The van der Waals surface area contributed by atoms with Crippen LogP contribution in [0, 0.1) is 6.92 Å². The average molecular weight is 255 g/mol. The number of hydrogen-bond donors (Lipinski definition) is 0. The number of nitrogens with zero attached hydrogens (tertiary/aromatic N) is 5. The molecule has 0 aromatic carbocycles. The van der Waals surface area contributed by atoms with Crippen LogP contribution in [0.1, 0.15) is 30.3 Å². The molecule has 0 radical (unpaired) electrons. The zero-order valence-electron chi connectivity index (χ0n) is 11.0. The molecule has 19 heavy (non-hydrogen) atoms. The Kier molecular flexibility index (Phi) is 3.35. The van der Waals surface area contributed by atoms with Crippen LogP contribution >= 0.6 is 0 Å². The van der Waals surface area contributed by atoms with Crippen LogP contribution in [0.4, 0.5) is 5.95 Å². The van der Waals surface area contributed by atoms with Gasteiger partial charge >= 0.3 is 0 Å². The van der Waals surface area contributed by atoms with Gasteiger partial charge in [0.05, 0.1) is 0 Å². The van der Waals surface area contributed by atoms with E-state index < -0.39 is 0 Å². The number of anilines is 1. The number of aromatic nitrogens is 4. The van der Waals surface area contributed by atoms with E-state index in [2.05, 4.69) is 24.8 Å². The molecule has 3 rings (SSSR count). The lowest BCUT2D eigenvalue weighted by Gasteiger charge is -2.31. The van der Waals surface area contributed by atoms with E-state index in [0.717, 1.165) is 43.4 Å². The minimum Gasteiger partial charge on any atom is -0.341 e. The largest absolute Gasteiger partial charge is 0.341 e. The number of aryl methyl sites for hydroxylation is 1. The van der Waals surface area contributed by atoms with E-state index >= 15 is 0 Å². The third-order valence-electron chi connectivity index (χ3n) is 3.51. The molecule has 0 aliphatic carbocycles. The van der Waals surface area contributed by atoms with E-state index in [1.807, 2.05) is 25.3 Å². The van der Waals surface area contributed by atoms with Crippen LogP contribution in [0.3, 0.4) is 0 Å². The second kappa shape index (κ2) is 5.30. The van der Waals surface area contributed by atoms with Gasteiger partial charge in [-0.1, -0.05) is 0 Å². The molecule has 0 atom stereocenters. The smallest absolute Gasteiger partial charge is 0.225 e. The number of hydrogen-bond acceptors (Lipinski definition) is 5. The molecule has 0 N–H and O–H groups in total. The van der Waals surface area contributed by atoms with Gasteiger partial charge in [0, 0.05) is 43.3 Å². The maximum atomic E-state index is 4.53. The predicted octanol–water partition coefficient (Wildman–Crippen LogP) is 1.96. The molecule has 0 amide bonds. The van der Waals surface area contributed by atoms with Crippen LogP contribution in [0.2, 0.25) is 0 Å². The summed E-state index contributed by atoms with van der Waals surface area (Å²) in [6.07, 6.45) is 7.55. The van der Waals surface area contributed by atoms with Gasteiger partial charge in [0.2, 0.25) is 5.95 Å². The fourth-order valence-electron chi connectivity index (χ4n) is 2.46. The van der Waals surface area contributed by atoms with Crippen molar-refractivity contribution in [2.24, 2.45) is 0 Å². The second-order valence-electron chi connectivity index (χ2n) is 4.87. The molecule has 1 saturated heterocycles. The van der Waals surface area contributed by atoms with Crippen molar-refractivity contribution in [1.82, 2.24) is 19.9 Å². The molecule has 2 aromatic rings. The minimum atomic E-state index is 0.458. The molecule has 98 valence electrons. The first-order chi connectivity index (χ1) is 9.33. The first-order valence-corrected chi connectivity index (χ1v) is 6.64. The van der Waals surface area contributed by atoms with Gasteiger partial charge in [0.15, 0.2) is 0 Å². The predicted molar refractivity (Wildman–Crippen MR) is 73.0 cm³/mol. The standard InChI is InChI=1S/C14H17N5/c1-11-3-8-15-13(18-11)12-4-9-19(10-5-12)14-16-6-2-7-17-14/h2-3,6-8,12H,4-5,9-10H2,1H3. The molecule has 1 aliphatic rings. The Morgan fingerprint density at radius 3 is 2.47 bits per heavy atom. The molecule has 3 heterocycles. The summed E-state index contributed by atoms with van der Waals surface area (Å²) in [6.45, 7) is 3.94. The van der Waals surface area contributed by atoms with Crippen LogP contribution in [0.15, 0.2) is 30.7 Å². The Labute approximate surface area is 112 Å². The van der Waals surface area contributed by atoms with Crippen molar-refractivity contribution in [2.45, 2.75) is 25.7 Å². The van der Waals surface area contributed by atoms with Crippen LogP contribution in [-0.4, -0.2) is 33.0 Å². The Balaban J connectivity index is 1.67. The van der Waals surface area contributed by atoms with Gasteiger partial charge in [-0.15, -0.1) is 0 Å². The van der Waals surface area contributed by atoms with E-state index in [-0.39, 0.29) is 0 Å². The molecule has 1 aliphatic heterocycles. The summed E-state index contributed by atoms with van der Waals surface area (Å²) in [5.74, 6) is 2.26. The lowest BCUT2D eigenvalue weighted by Crippen LogP contribution is -2.34. The van der Waals surface area contributed by atoms with Crippen molar-refractivity contribution < 1.29 is 0 Å². The van der Waals surface area contributed by atoms with Gasteiger partial charge < -0.3 is 4.90 Å². The molecule has 5 nitrogen and oxygen atoms in total. The van der Waals surface area contributed by atoms with Crippen molar-refractivity contribution in [3.05, 3.63) is 42.2 Å². The van der Waals surface area contributed by atoms with E-state index in [0.29, 0.717) is 5.92 Å². The highest BCUT2D eigenvalue weighted by Gasteiger charge is 2.23. The zero-order chi connectivity index (χ0) is 13.1. The summed E-state index contributed by atoms with van der Waals surface area (Å²) in [5, 5.41) is 0. The highest BCUT2D eigenvalue weighted by Crippen LogP contribution is 2.26. The molecule has 0 bridgehead atoms. The Hall–Kier alpha value is -2.04. The Morgan fingerprint density at radius 2 is 1.79 bits per heavy atom. The van der Waals surface area contributed by atoms with E-state index in [4.69, 9.17) is 0 Å². The number of rotatable bonds is 2. The van der Waals surface area contributed by atoms with Gasteiger partial charge in [0.1, 0.15) is 5.82 Å². The summed E-state index contributed by atoms with van der Waals surface area (Å²) in [4.78, 5) is 19.8. The normalized spacial score (nSPS) is 16.6. The third kappa shape index (κ3) is 2.70. The van der Waals surface area contributed by atoms with Gasteiger partial charge in [0.25, 0.3) is 0 Å². The van der Waals surface area contributed by atoms with Gasteiger partial charge in [-0.25, -0.2) is 19.9 Å². The second-order valence-corrected chi connectivity index (χ2v) is 4.87. The lowest BCUT2D eigenvalue weighted by atomic mass is 9.96. The Bertz CT molecular complexity index is 535. The lowest BCUT2D eigenvalue weighted by molar-refractivity contribution is 0.479. The fraction of sp³-hybridized carbons (Fsp3) is 0.429. The van der Waals surface area contributed by atoms with Crippen molar-refractivity contribution in [1.29, 1.82) is 0 Å². The highest BCUT2D eigenvalue weighted by molar-refractivity contribution is 5.29. The van der Waals surface area contributed by atoms with E-state index in [1.165, 1.54) is 0 Å². The summed E-state index contributed by atoms with van der Waals surface area (Å²) in [5.41, 5.74) is 1.04. The molecule has 0 spiro atoms. The molecular formula is C14H17N5. The maximum absolute atomic E-state index is 4.53. The van der Waals surface area contributed by atoms with Crippen LogP contribution < -0.4 is 4.90 Å². The summed E-state index contributed by atoms with van der Waals surface area (Å²) < 4.78 is 0. The maximum Gasteiger partial charge on any atom is 0.225 e. The van der Waals surface area contributed by atoms with Gasteiger partial charge in [-0.3, -0.25) is 0 Å². The first kappa shape index (κ1) is 12.0. The van der Waals surface area contributed by atoms with Crippen molar-refractivity contribution >= 4 is 5.95 Å². The Morgan fingerprint density at radius 1 is 1.05 bits per heavy atom. The van der Waals surface area contributed by atoms with Crippen LogP contribution in [-0.2, 0) is 0 Å². The third-order valence-corrected chi connectivity index (χ3v) is 3.51. The molecule has 2 aromatic heterocycles. The summed E-state index contributed by atoms with van der Waals surface area (Å²) >= 11 is 0. The fourth-order valence-corrected chi connectivity index (χ4v) is 2.46. The minimum absolute atomic E-state index is 0.458. The van der Waals surface area contributed by atoms with E-state index in [1.54, 1.807) is 12.4 Å². The monoisotopic (exact) mass is 255 g/mol. The summed E-state index contributed by atoms with van der Waals surface area (Å²) in [6, 6.07) is 3.78. The molecule has 5 heteroatoms. The van der Waals surface area contributed by atoms with Crippen LogP contribution in [0.25, 0.3) is 0 Å². The van der Waals surface area contributed by atoms with Crippen molar-refractivity contribution in [2.75, 3.05) is 18.0 Å². The zero-order valence-corrected chi connectivity index (χ0v) is 11.0. The molecular weight excluding hydrogens is 238 g/mol. The SMILES string of the molecule is Cc1ccnc(C2CCN(c3ncccn3)CC2)n1.